The summed E-state index contributed by atoms with van der Waals surface area (Å²) in [6, 6.07) is 0. The van der Waals surface area contributed by atoms with E-state index in [0.29, 0.717) is 12.8 Å². The van der Waals surface area contributed by atoms with Crippen molar-refractivity contribution in [3.05, 3.63) is 0 Å². The molecule has 0 saturated heterocycles. The monoisotopic (exact) mass is 280 g/mol. The SMILES string of the molecule is F[C@@H]1CC(CP)C[C@@H]1F.I. The summed E-state index contributed by atoms with van der Waals surface area (Å²) >= 11 is 0. The molecule has 4 atom stereocenters. The molecular weight excluding hydrogens is 268 g/mol. The molecule has 1 aliphatic carbocycles. The molecule has 62 valence electrons. The van der Waals surface area contributed by atoms with Gasteiger partial charge in [0.2, 0.25) is 0 Å². The molecule has 0 aromatic heterocycles. The van der Waals surface area contributed by atoms with Gasteiger partial charge in [-0.3, -0.25) is 0 Å². The van der Waals surface area contributed by atoms with Crippen LogP contribution < -0.4 is 0 Å². The van der Waals surface area contributed by atoms with Crippen LogP contribution in [0.25, 0.3) is 0 Å². The lowest BCUT2D eigenvalue weighted by Crippen LogP contribution is -2.06. The maximum Gasteiger partial charge on any atom is 0.131 e. The molecule has 0 N–H and O–H groups in total. The van der Waals surface area contributed by atoms with Gasteiger partial charge in [-0.1, -0.05) is 0 Å². The van der Waals surface area contributed by atoms with Crippen LogP contribution in [0.1, 0.15) is 12.8 Å². The number of hydrogen-bond acceptors (Lipinski definition) is 0. The first kappa shape index (κ1) is 11.0. The lowest BCUT2D eigenvalue weighted by Gasteiger charge is -1.99. The molecule has 0 amide bonds. The maximum atomic E-state index is 12.4. The molecule has 0 aliphatic heterocycles. The Morgan fingerprint density at radius 2 is 1.60 bits per heavy atom. The molecule has 1 fully saturated rings. The third-order valence-electron chi connectivity index (χ3n) is 1.84. The zero-order chi connectivity index (χ0) is 6.85. The molecule has 1 saturated carbocycles. The Kier molecular flexibility index (Phi) is 5.30. The second-order valence-corrected chi connectivity index (χ2v) is 3.08. The first-order chi connectivity index (χ1) is 4.24. The highest BCUT2D eigenvalue weighted by atomic mass is 127. The van der Waals surface area contributed by atoms with Gasteiger partial charge < -0.3 is 0 Å². The van der Waals surface area contributed by atoms with E-state index in [1.54, 1.807) is 0 Å². The third kappa shape index (κ3) is 2.57. The molecule has 10 heavy (non-hydrogen) atoms. The average Bonchev–Trinajstić information content (AvgIpc) is 2.13. The minimum Gasteiger partial charge on any atom is -0.244 e. The summed E-state index contributed by atoms with van der Waals surface area (Å²) in [5.41, 5.74) is 0. The van der Waals surface area contributed by atoms with E-state index in [0.717, 1.165) is 6.16 Å². The van der Waals surface area contributed by atoms with Crippen molar-refractivity contribution in [1.82, 2.24) is 0 Å². The summed E-state index contributed by atoms with van der Waals surface area (Å²) in [6.45, 7) is 0. The normalized spacial score (nSPS) is 39.3. The minimum absolute atomic E-state index is 0. The van der Waals surface area contributed by atoms with Crippen molar-refractivity contribution in [3.8, 4) is 0 Å². The molecule has 4 heteroatoms. The number of halogens is 3. The predicted molar refractivity (Wildman–Crippen MR) is 52.5 cm³/mol. The Balaban J connectivity index is 0.000000810. The third-order valence-corrected chi connectivity index (χ3v) is 2.51. The lowest BCUT2D eigenvalue weighted by atomic mass is 10.1. The average molecular weight is 280 g/mol. The van der Waals surface area contributed by atoms with Gasteiger partial charge in [-0.15, -0.1) is 33.2 Å². The zero-order valence-electron chi connectivity index (χ0n) is 5.59. The number of hydrogen-bond donors (Lipinski definition) is 0. The number of alkyl halides is 2. The largest absolute Gasteiger partial charge is 0.244 e. The van der Waals surface area contributed by atoms with Crippen molar-refractivity contribution in [2.45, 2.75) is 25.2 Å². The second kappa shape index (κ2) is 4.81. The van der Waals surface area contributed by atoms with Crippen molar-refractivity contribution < 1.29 is 8.78 Å². The van der Waals surface area contributed by atoms with Crippen molar-refractivity contribution in [2.24, 2.45) is 5.92 Å². The van der Waals surface area contributed by atoms with Gasteiger partial charge >= 0.3 is 0 Å². The van der Waals surface area contributed by atoms with E-state index >= 15 is 0 Å². The summed E-state index contributed by atoms with van der Waals surface area (Å²) in [4.78, 5) is 0. The van der Waals surface area contributed by atoms with Crippen LogP contribution in [0.4, 0.5) is 8.78 Å². The summed E-state index contributed by atoms with van der Waals surface area (Å²) in [6.07, 6.45) is -0.693. The lowest BCUT2D eigenvalue weighted by molar-refractivity contribution is 0.199. The van der Waals surface area contributed by atoms with Gasteiger partial charge in [0, 0.05) is 0 Å². The van der Waals surface area contributed by atoms with E-state index in [-0.39, 0.29) is 29.9 Å². The second-order valence-electron chi connectivity index (χ2n) is 2.61. The van der Waals surface area contributed by atoms with E-state index in [9.17, 15) is 8.78 Å². The van der Waals surface area contributed by atoms with Crippen molar-refractivity contribution in [1.29, 1.82) is 0 Å². The Labute approximate surface area is 79.4 Å². The van der Waals surface area contributed by atoms with Crippen molar-refractivity contribution in [3.63, 3.8) is 0 Å². The first-order valence-corrected chi connectivity index (χ1v) is 4.04. The fraction of sp³-hybridized carbons (Fsp3) is 1.00. The summed E-state index contributed by atoms with van der Waals surface area (Å²) in [5.74, 6) is 0.264. The van der Waals surface area contributed by atoms with Gasteiger partial charge in [-0.05, 0) is 24.9 Å². The van der Waals surface area contributed by atoms with Crippen LogP contribution in [-0.2, 0) is 0 Å². The van der Waals surface area contributed by atoms with Crippen molar-refractivity contribution >= 4 is 33.2 Å². The van der Waals surface area contributed by atoms with E-state index in [2.05, 4.69) is 9.24 Å². The van der Waals surface area contributed by atoms with Crippen LogP contribution >= 0.6 is 33.2 Å². The highest BCUT2D eigenvalue weighted by Gasteiger charge is 2.33. The smallest absolute Gasteiger partial charge is 0.131 e. The fourth-order valence-electron chi connectivity index (χ4n) is 1.22. The molecule has 2 unspecified atom stereocenters. The van der Waals surface area contributed by atoms with E-state index in [1.165, 1.54) is 0 Å². The molecule has 1 aliphatic rings. The van der Waals surface area contributed by atoms with Crippen LogP contribution in [0.5, 0.6) is 0 Å². The molecule has 0 spiro atoms. The molecule has 0 aromatic rings. The predicted octanol–water partition coefficient (Wildman–Crippen LogP) is 2.57. The van der Waals surface area contributed by atoms with Gasteiger partial charge in [0.15, 0.2) is 0 Å². The standard InChI is InChI=1S/C6H11F2P.HI/c7-5-1-4(3-9)2-6(5)8;/h4-6H,1-3,9H2;1H/t4?,5-,6+;. The quantitative estimate of drug-likeness (QED) is 0.511. The van der Waals surface area contributed by atoms with Gasteiger partial charge in [-0.2, -0.15) is 0 Å². The molecule has 0 nitrogen and oxygen atoms in total. The van der Waals surface area contributed by atoms with Gasteiger partial charge in [0.1, 0.15) is 12.3 Å². The summed E-state index contributed by atoms with van der Waals surface area (Å²) < 4.78 is 24.7. The molecular formula is C6H12F2IP. The Hall–Kier alpha value is 1.02. The molecule has 0 radical (unpaired) electrons. The molecule has 0 heterocycles. The van der Waals surface area contributed by atoms with Crippen LogP contribution in [0, 0.1) is 5.92 Å². The topological polar surface area (TPSA) is 0 Å². The molecule has 0 aromatic carbocycles. The van der Waals surface area contributed by atoms with Gasteiger partial charge in [-0.25, -0.2) is 8.78 Å². The van der Waals surface area contributed by atoms with E-state index in [4.69, 9.17) is 0 Å². The first-order valence-electron chi connectivity index (χ1n) is 3.22. The van der Waals surface area contributed by atoms with E-state index < -0.39 is 12.3 Å². The maximum absolute atomic E-state index is 12.4. The van der Waals surface area contributed by atoms with Gasteiger partial charge in [0.25, 0.3) is 0 Å². The van der Waals surface area contributed by atoms with E-state index in [1.807, 2.05) is 0 Å². The van der Waals surface area contributed by atoms with Crippen molar-refractivity contribution in [2.75, 3.05) is 6.16 Å². The summed E-state index contributed by atoms with van der Waals surface area (Å²) in [7, 11) is 2.52. The van der Waals surface area contributed by atoms with Crippen LogP contribution in [0.3, 0.4) is 0 Å². The zero-order valence-corrected chi connectivity index (χ0v) is 9.08. The number of rotatable bonds is 1. The highest BCUT2D eigenvalue weighted by molar-refractivity contribution is 14.0. The fourth-order valence-corrected chi connectivity index (χ4v) is 1.61. The van der Waals surface area contributed by atoms with Crippen LogP contribution in [0.15, 0.2) is 0 Å². The Morgan fingerprint density at radius 1 is 1.20 bits per heavy atom. The van der Waals surface area contributed by atoms with Gasteiger partial charge in [0.05, 0.1) is 0 Å². The Morgan fingerprint density at radius 3 is 1.80 bits per heavy atom. The highest BCUT2D eigenvalue weighted by Crippen LogP contribution is 2.31. The Bertz CT molecular complexity index is 91.7. The van der Waals surface area contributed by atoms with Crippen LogP contribution in [0.2, 0.25) is 0 Å². The van der Waals surface area contributed by atoms with Crippen LogP contribution in [-0.4, -0.2) is 18.5 Å². The summed E-state index contributed by atoms with van der Waals surface area (Å²) in [5, 5.41) is 0. The minimum atomic E-state index is -1.18. The molecule has 1 rings (SSSR count). The molecule has 0 bridgehead atoms.